The van der Waals surface area contributed by atoms with Crippen LogP contribution in [-0.4, -0.2) is 28.1 Å². The number of carbonyl (C=O) groups is 1. The zero-order valence-corrected chi connectivity index (χ0v) is 11.5. The molecule has 21 heavy (non-hydrogen) atoms. The van der Waals surface area contributed by atoms with Crippen molar-refractivity contribution >= 4 is 34.6 Å². The highest BCUT2D eigenvalue weighted by Crippen LogP contribution is 2.36. The van der Waals surface area contributed by atoms with Crippen molar-refractivity contribution < 1.29 is 18.9 Å². The van der Waals surface area contributed by atoms with E-state index in [1.807, 2.05) is 0 Å². The zero-order chi connectivity index (χ0) is 14.8. The van der Waals surface area contributed by atoms with Gasteiger partial charge in [-0.3, -0.25) is 14.9 Å². The van der Waals surface area contributed by atoms with Gasteiger partial charge in [-0.05, 0) is 12.8 Å². The lowest BCUT2D eigenvalue weighted by Crippen LogP contribution is -2.12. The molecule has 1 aliphatic rings. The first-order valence-electron chi connectivity index (χ1n) is 6.13. The van der Waals surface area contributed by atoms with Gasteiger partial charge in [-0.15, -0.1) is 10.2 Å². The van der Waals surface area contributed by atoms with Crippen LogP contribution in [0.15, 0.2) is 16.5 Å². The second kappa shape index (κ2) is 5.58. The molecule has 1 aliphatic heterocycles. The molecule has 0 radical (unpaired) electrons. The third-order valence-electron chi connectivity index (χ3n) is 2.94. The van der Waals surface area contributed by atoms with Gasteiger partial charge in [0.1, 0.15) is 16.0 Å². The second-order valence-corrected chi connectivity index (χ2v) is 5.26. The summed E-state index contributed by atoms with van der Waals surface area (Å²) in [5.74, 6) is -0.424. The monoisotopic (exact) mass is 310 g/mol. The maximum Gasteiger partial charge on any atom is 0.434 e. The Morgan fingerprint density at radius 3 is 2.95 bits per heavy atom. The van der Waals surface area contributed by atoms with E-state index in [0.717, 1.165) is 17.7 Å². The fourth-order valence-electron chi connectivity index (χ4n) is 1.96. The molecule has 0 aliphatic carbocycles. The molecule has 2 aromatic heterocycles. The number of nitrogens with zero attached hydrogens (tertiary/aromatic N) is 4. The van der Waals surface area contributed by atoms with Gasteiger partial charge in [0.25, 0.3) is 0 Å². The highest BCUT2D eigenvalue weighted by molar-refractivity contribution is 7.15. The van der Waals surface area contributed by atoms with Crippen LogP contribution in [0.5, 0.6) is 0 Å². The molecule has 0 saturated carbocycles. The summed E-state index contributed by atoms with van der Waals surface area (Å²) >= 11 is 1.19. The Kier molecular flexibility index (Phi) is 3.62. The van der Waals surface area contributed by atoms with Gasteiger partial charge in [0.2, 0.25) is 17.4 Å². The number of carbonyl (C=O) groups excluding carboxylic acids is 1. The first-order chi connectivity index (χ1) is 10.2. The fourth-order valence-corrected chi connectivity index (χ4v) is 2.86. The molecule has 2 aromatic rings. The summed E-state index contributed by atoms with van der Waals surface area (Å²) in [5.41, 5.74) is 0. The summed E-state index contributed by atoms with van der Waals surface area (Å²) in [7, 11) is 0. The molecular weight excluding hydrogens is 300 g/mol. The summed E-state index contributed by atoms with van der Waals surface area (Å²) in [6.45, 7) is 0.682. The molecule has 0 spiro atoms. The van der Waals surface area contributed by atoms with Crippen molar-refractivity contribution in [2.24, 2.45) is 0 Å². The van der Waals surface area contributed by atoms with Crippen LogP contribution >= 0.6 is 11.3 Å². The van der Waals surface area contributed by atoms with Crippen LogP contribution in [0.3, 0.4) is 0 Å². The number of nitro groups is 1. The van der Waals surface area contributed by atoms with Crippen molar-refractivity contribution in [1.29, 1.82) is 0 Å². The quantitative estimate of drug-likeness (QED) is 0.472. The Hall–Kier alpha value is -2.33. The van der Waals surface area contributed by atoms with Gasteiger partial charge < -0.3 is 9.15 Å². The molecule has 3 rings (SSSR count). The molecule has 1 fully saturated rings. The van der Waals surface area contributed by atoms with E-state index in [-0.39, 0.29) is 17.1 Å². The van der Waals surface area contributed by atoms with Crippen LogP contribution in [0, 0.1) is 10.1 Å². The van der Waals surface area contributed by atoms with Gasteiger partial charge in [-0.2, -0.15) is 0 Å². The van der Waals surface area contributed by atoms with Crippen molar-refractivity contribution in [1.82, 2.24) is 10.2 Å². The van der Waals surface area contributed by atoms with Crippen LogP contribution in [0.25, 0.3) is 0 Å². The van der Waals surface area contributed by atoms with E-state index >= 15 is 0 Å². The molecule has 1 unspecified atom stereocenters. The lowest BCUT2D eigenvalue weighted by molar-refractivity contribution is -0.401. The van der Waals surface area contributed by atoms with Gasteiger partial charge in [0, 0.05) is 12.7 Å². The predicted molar refractivity (Wildman–Crippen MR) is 71.4 cm³/mol. The number of ether oxygens (including phenoxy) is 1. The summed E-state index contributed by atoms with van der Waals surface area (Å²) in [6, 6.07) is 2.51. The average Bonchev–Trinajstić information content (AvgIpc) is 3.21. The molecule has 0 bridgehead atoms. The van der Waals surface area contributed by atoms with Gasteiger partial charge in [-0.1, -0.05) is 11.3 Å². The van der Waals surface area contributed by atoms with Crippen molar-refractivity contribution in [3.05, 3.63) is 27.3 Å². The van der Waals surface area contributed by atoms with E-state index < -0.39 is 10.8 Å². The van der Waals surface area contributed by atoms with Crippen LogP contribution < -0.4 is 4.90 Å². The Morgan fingerprint density at radius 1 is 1.48 bits per heavy atom. The van der Waals surface area contributed by atoms with Crippen molar-refractivity contribution in [3.8, 4) is 0 Å². The standard InChI is InChI=1S/C11H10N4O5S/c16-6-14(8-3-4-9(20-8)15(17)18)11-13-12-10(21-11)7-2-1-5-19-7/h3-4,6-7H,1-2,5H2. The van der Waals surface area contributed by atoms with Gasteiger partial charge in [-0.25, -0.2) is 4.90 Å². The second-order valence-electron chi connectivity index (χ2n) is 4.27. The lowest BCUT2D eigenvalue weighted by Gasteiger charge is -2.08. The van der Waals surface area contributed by atoms with Crippen LogP contribution in [0.1, 0.15) is 24.0 Å². The highest BCUT2D eigenvalue weighted by Gasteiger charge is 2.25. The van der Waals surface area contributed by atoms with Crippen molar-refractivity contribution in [2.45, 2.75) is 18.9 Å². The van der Waals surface area contributed by atoms with Crippen molar-refractivity contribution in [2.75, 3.05) is 11.5 Å². The minimum atomic E-state index is -0.676. The number of furan rings is 1. The SMILES string of the molecule is O=CN(c1ccc([N+](=O)[O-])o1)c1nnc(C2CCCO2)s1. The Balaban J connectivity index is 1.85. The van der Waals surface area contributed by atoms with Crippen LogP contribution in [0.4, 0.5) is 16.9 Å². The zero-order valence-electron chi connectivity index (χ0n) is 10.7. The fraction of sp³-hybridized carbons (Fsp3) is 0.364. The molecule has 3 heterocycles. The minimum Gasteiger partial charge on any atom is -0.384 e. The molecule has 1 saturated heterocycles. The first-order valence-corrected chi connectivity index (χ1v) is 6.94. The number of anilines is 2. The topological polar surface area (TPSA) is 112 Å². The van der Waals surface area contributed by atoms with Crippen molar-refractivity contribution in [3.63, 3.8) is 0 Å². The lowest BCUT2D eigenvalue weighted by atomic mass is 10.2. The molecule has 110 valence electrons. The summed E-state index contributed by atoms with van der Waals surface area (Å²) < 4.78 is 10.5. The van der Waals surface area contributed by atoms with Gasteiger partial charge >= 0.3 is 5.88 Å². The van der Waals surface area contributed by atoms with E-state index in [0.29, 0.717) is 18.0 Å². The van der Waals surface area contributed by atoms with E-state index in [1.165, 1.54) is 23.5 Å². The molecule has 1 atom stereocenters. The normalized spacial score (nSPS) is 17.8. The summed E-state index contributed by atoms with van der Waals surface area (Å²) in [4.78, 5) is 22.2. The summed E-state index contributed by atoms with van der Waals surface area (Å²) in [5, 5.41) is 19.5. The highest BCUT2D eigenvalue weighted by atomic mass is 32.1. The smallest absolute Gasteiger partial charge is 0.384 e. The Morgan fingerprint density at radius 2 is 2.33 bits per heavy atom. The van der Waals surface area contributed by atoms with E-state index in [2.05, 4.69) is 10.2 Å². The molecule has 0 N–H and O–H groups in total. The maximum atomic E-state index is 11.2. The predicted octanol–water partition coefficient (Wildman–Crippen LogP) is 2.19. The minimum absolute atomic E-state index is 0.0201. The number of hydrogen-bond donors (Lipinski definition) is 0. The number of rotatable bonds is 5. The molecule has 1 amide bonds. The third kappa shape index (κ3) is 2.62. The van der Waals surface area contributed by atoms with E-state index in [1.54, 1.807) is 0 Å². The number of aromatic nitrogens is 2. The Bertz CT molecular complexity index is 663. The number of hydrogen-bond acceptors (Lipinski definition) is 8. The third-order valence-corrected chi connectivity index (χ3v) is 3.96. The molecule has 9 nitrogen and oxygen atoms in total. The summed E-state index contributed by atoms with van der Waals surface area (Å²) in [6.07, 6.45) is 2.20. The van der Waals surface area contributed by atoms with Gasteiger partial charge in [0.15, 0.2) is 0 Å². The largest absolute Gasteiger partial charge is 0.434 e. The van der Waals surface area contributed by atoms with E-state index in [4.69, 9.17) is 9.15 Å². The van der Waals surface area contributed by atoms with E-state index in [9.17, 15) is 14.9 Å². The average molecular weight is 310 g/mol. The maximum absolute atomic E-state index is 11.2. The Labute approximate surface area is 122 Å². The number of amides is 1. The first kappa shape index (κ1) is 13.6. The van der Waals surface area contributed by atoms with Crippen LogP contribution in [-0.2, 0) is 9.53 Å². The van der Waals surface area contributed by atoms with Gasteiger partial charge in [0.05, 0.1) is 6.07 Å². The molecule has 10 heteroatoms. The molecular formula is C11H10N4O5S. The molecule has 0 aromatic carbocycles. The van der Waals surface area contributed by atoms with Crippen LogP contribution in [0.2, 0.25) is 0 Å².